The van der Waals surface area contributed by atoms with Crippen molar-refractivity contribution in [1.82, 2.24) is 9.97 Å². The minimum Gasteiger partial charge on any atom is -0.337 e. The lowest BCUT2D eigenvalue weighted by Crippen LogP contribution is -1.80. The Morgan fingerprint density at radius 2 is 2.56 bits per heavy atom. The Hall–Kier alpha value is -0.440. The van der Waals surface area contributed by atoms with Gasteiger partial charge in [0, 0.05) is 6.42 Å². The standard InChI is InChI=1S/C6H10N2S/c1-3-5-7-4-6(8-5)9-2/h4H,3H2,1-2H3,(H,7,8). The fraction of sp³-hybridized carbons (Fsp3) is 0.500. The Bertz CT molecular complexity index is 164. The number of aromatic amines is 1. The largest absolute Gasteiger partial charge is 0.337 e. The fourth-order valence-electron chi connectivity index (χ4n) is 0.627. The van der Waals surface area contributed by atoms with E-state index in [9.17, 15) is 0 Å². The molecule has 0 bridgehead atoms. The molecule has 0 saturated heterocycles. The third kappa shape index (κ3) is 1.48. The summed E-state index contributed by atoms with van der Waals surface area (Å²) in [7, 11) is 0. The zero-order valence-electron chi connectivity index (χ0n) is 5.64. The molecule has 0 atom stereocenters. The van der Waals surface area contributed by atoms with E-state index in [0.717, 1.165) is 17.3 Å². The minimum absolute atomic E-state index is 0.987. The summed E-state index contributed by atoms with van der Waals surface area (Å²) < 4.78 is 0. The Morgan fingerprint density at radius 3 is 2.89 bits per heavy atom. The van der Waals surface area contributed by atoms with Crippen molar-refractivity contribution in [2.24, 2.45) is 0 Å². The first kappa shape index (κ1) is 6.68. The summed E-state index contributed by atoms with van der Waals surface area (Å²) in [4.78, 5) is 7.29. The molecule has 1 aromatic rings. The highest BCUT2D eigenvalue weighted by Gasteiger charge is 1.93. The zero-order chi connectivity index (χ0) is 6.69. The predicted molar refractivity (Wildman–Crippen MR) is 39.7 cm³/mol. The Balaban J connectivity index is 2.74. The quantitative estimate of drug-likeness (QED) is 0.637. The first-order chi connectivity index (χ1) is 4.36. The van der Waals surface area contributed by atoms with Crippen LogP contribution in [0.15, 0.2) is 11.2 Å². The molecular weight excluding hydrogens is 132 g/mol. The van der Waals surface area contributed by atoms with Gasteiger partial charge >= 0.3 is 0 Å². The smallest absolute Gasteiger partial charge is 0.106 e. The summed E-state index contributed by atoms with van der Waals surface area (Å²) >= 11 is 1.69. The van der Waals surface area contributed by atoms with Crippen LogP contribution in [0.25, 0.3) is 0 Å². The summed E-state index contributed by atoms with van der Waals surface area (Å²) in [6.45, 7) is 2.09. The van der Waals surface area contributed by atoms with Gasteiger partial charge in [-0.3, -0.25) is 0 Å². The summed E-state index contributed by atoms with van der Waals surface area (Å²) in [5.41, 5.74) is 0. The summed E-state index contributed by atoms with van der Waals surface area (Å²) in [5, 5.41) is 1.15. The summed E-state index contributed by atoms with van der Waals surface area (Å²) in [6, 6.07) is 0. The van der Waals surface area contributed by atoms with Crippen molar-refractivity contribution in [2.45, 2.75) is 18.4 Å². The Kier molecular flexibility index (Phi) is 2.16. The highest BCUT2D eigenvalue weighted by Crippen LogP contribution is 2.09. The molecule has 50 valence electrons. The number of nitrogens with zero attached hydrogens (tertiary/aromatic N) is 1. The van der Waals surface area contributed by atoms with Gasteiger partial charge in [-0.1, -0.05) is 6.92 Å². The van der Waals surface area contributed by atoms with E-state index in [-0.39, 0.29) is 0 Å². The van der Waals surface area contributed by atoms with Crippen molar-refractivity contribution in [1.29, 1.82) is 0 Å². The number of rotatable bonds is 2. The molecule has 2 nitrogen and oxygen atoms in total. The molecule has 0 unspecified atom stereocenters. The molecule has 0 aliphatic heterocycles. The van der Waals surface area contributed by atoms with Crippen molar-refractivity contribution >= 4 is 11.8 Å². The highest BCUT2D eigenvalue weighted by atomic mass is 32.2. The molecule has 0 amide bonds. The van der Waals surface area contributed by atoms with Crippen LogP contribution in [0.3, 0.4) is 0 Å². The van der Waals surface area contributed by atoms with Crippen LogP contribution >= 0.6 is 11.8 Å². The number of aromatic nitrogens is 2. The van der Waals surface area contributed by atoms with E-state index in [2.05, 4.69) is 16.9 Å². The van der Waals surface area contributed by atoms with Crippen molar-refractivity contribution in [3.63, 3.8) is 0 Å². The van der Waals surface area contributed by atoms with Crippen LogP contribution in [0.1, 0.15) is 12.7 Å². The maximum absolute atomic E-state index is 4.13. The number of aryl methyl sites for hydroxylation is 1. The van der Waals surface area contributed by atoms with Crippen LogP contribution < -0.4 is 0 Å². The van der Waals surface area contributed by atoms with Gasteiger partial charge in [0.25, 0.3) is 0 Å². The van der Waals surface area contributed by atoms with Crippen LogP contribution in [-0.2, 0) is 6.42 Å². The number of hydrogen-bond acceptors (Lipinski definition) is 2. The monoisotopic (exact) mass is 142 g/mol. The van der Waals surface area contributed by atoms with Gasteiger partial charge in [0.15, 0.2) is 0 Å². The van der Waals surface area contributed by atoms with E-state index < -0.39 is 0 Å². The molecule has 3 heteroatoms. The second-order valence-electron chi connectivity index (χ2n) is 1.75. The molecule has 0 spiro atoms. The maximum atomic E-state index is 4.13. The van der Waals surface area contributed by atoms with E-state index in [1.807, 2.05) is 12.5 Å². The van der Waals surface area contributed by atoms with Crippen LogP contribution in [0.2, 0.25) is 0 Å². The topological polar surface area (TPSA) is 28.7 Å². The number of hydrogen-bond donors (Lipinski definition) is 1. The molecule has 0 aliphatic carbocycles. The lowest BCUT2D eigenvalue weighted by Gasteiger charge is -1.85. The van der Waals surface area contributed by atoms with Crippen LogP contribution in [0.5, 0.6) is 0 Å². The van der Waals surface area contributed by atoms with E-state index >= 15 is 0 Å². The van der Waals surface area contributed by atoms with Crippen LogP contribution in [-0.4, -0.2) is 16.2 Å². The average molecular weight is 142 g/mol. The second-order valence-corrected chi connectivity index (χ2v) is 2.60. The predicted octanol–water partition coefficient (Wildman–Crippen LogP) is 1.69. The third-order valence-corrected chi connectivity index (χ3v) is 1.81. The number of imidazole rings is 1. The highest BCUT2D eigenvalue weighted by molar-refractivity contribution is 7.98. The minimum atomic E-state index is 0.987. The first-order valence-corrected chi connectivity index (χ1v) is 4.17. The molecule has 0 fully saturated rings. The zero-order valence-corrected chi connectivity index (χ0v) is 6.46. The molecule has 1 aromatic heterocycles. The molecule has 9 heavy (non-hydrogen) atoms. The van der Waals surface area contributed by atoms with Gasteiger partial charge in [-0.2, -0.15) is 0 Å². The number of H-pyrrole nitrogens is 1. The Labute approximate surface area is 59.1 Å². The summed E-state index contributed by atoms with van der Waals surface area (Å²) in [6.07, 6.45) is 4.89. The number of thioether (sulfide) groups is 1. The fourth-order valence-corrected chi connectivity index (χ4v) is 1.00. The first-order valence-electron chi connectivity index (χ1n) is 2.94. The Morgan fingerprint density at radius 1 is 1.78 bits per heavy atom. The number of nitrogens with one attached hydrogen (secondary N) is 1. The molecule has 0 saturated carbocycles. The van der Waals surface area contributed by atoms with Crippen LogP contribution in [0, 0.1) is 0 Å². The molecule has 0 aliphatic rings. The molecule has 0 aromatic carbocycles. The molecule has 1 heterocycles. The molecule has 1 rings (SSSR count). The maximum Gasteiger partial charge on any atom is 0.106 e. The van der Waals surface area contributed by atoms with E-state index in [4.69, 9.17) is 0 Å². The van der Waals surface area contributed by atoms with Crippen molar-refractivity contribution in [3.8, 4) is 0 Å². The normalized spacial score (nSPS) is 10.0. The van der Waals surface area contributed by atoms with E-state index in [0.29, 0.717) is 0 Å². The van der Waals surface area contributed by atoms with Crippen LogP contribution in [0.4, 0.5) is 0 Å². The van der Waals surface area contributed by atoms with Gasteiger partial charge in [-0.25, -0.2) is 4.98 Å². The second kappa shape index (κ2) is 2.92. The van der Waals surface area contributed by atoms with Gasteiger partial charge in [0.2, 0.25) is 0 Å². The van der Waals surface area contributed by atoms with Crippen molar-refractivity contribution in [2.75, 3.05) is 6.26 Å². The van der Waals surface area contributed by atoms with Gasteiger partial charge in [-0.15, -0.1) is 11.8 Å². The van der Waals surface area contributed by atoms with Gasteiger partial charge in [-0.05, 0) is 6.26 Å². The molecular formula is C6H10N2S. The van der Waals surface area contributed by atoms with Gasteiger partial charge in [0.1, 0.15) is 5.82 Å². The van der Waals surface area contributed by atoms with Crippen molar-refractivity contribution in [3.05, 3.63) is 12.0 Å². The van der Waals surface area contributed by atoms with E-state index in [1.54, 1.807) is 11.8 Å². The van der Waals surface area contributed by atoms with Gasteiger partial charge in [0.05, 0.1) is 11.2 Å². The van der Waals surface area contributed by atoms with E-state index in [1.165, 1.54) is 0 Å². The SMILES string of the molecule is CCc1ncc(SC)[nH]1. The van der Waals surface area contributed by atoms with Crippen molar-refractivity contribution < 1.29 is 0 Å². The average Bonchev–Trinajstić information content (AvgIpc) is 2.34. The molecule has 1 N–H and O–H groups in total. The summed E-state index contributed by atoms with van der Waals surface area (Å²) in [5.74, 6) is 1.07. The lowest BCUT2D eigenvalue weighted by molar-refractivity contribution is 0.971. The van der Waals surface area contributed by atoms with Gasteiger partial charge < -0.3 is 4.98 Å². The molecule has 0 radical (unpaired) electrons. The third-order valence-electron chi connectivity index (χ3n) is 1.16. The lowest BCUT2D eigenvalue weighted by atomic mass is 10.5.